The van der Waals surface area contributed by atoms with Crippen LogP contribution in [0.4, 0.5) is 4.79 Å². The molecule has 1 heterocycles. The number of carbonyl (C=O) groups is 1. The van der Waals surface area contributed by atoms with Gasteiger partial charge >= 0.3 is 6.03 Å². The van der Waals surface area contributed by atoms with Gasteiger partial charge in [-0.1, -0.05) is 15.9 Å². The number of rotatable bonds is 4. The fourth-order valence-corrected chi connectivity index (χ4v) is 3.13. The summed E-state index contributed by atoms with van der Waals surface area (Å²) >= 11 is 3.52. The Bertz CT molecular complexity index is 628. The lowest BCUT2D eigenvalue weighted by Gasteiger charge is -2.26. The zero-order valence-electron chi connectivity index (χ0n) is 11.8. The number of nitrogens with zero attached hydrogens (tertiary/aromatic N) is 2. The molecule has 21 heavy (non-hydrogen) atoms. The molecule has 7 heteroatoms. The van der Waals surface area contributed by atoms with Crippen molar-refractivity contribution in [1.82, 2.24) is 4.90 Å². The molecular formula is C14H16BrN3O3. The average molecular weight is 354 g/mol. The summed E-state index contributed by atoms with van der Waals surface area (Å²) in [5, 5.41) is 0. The molecule has 1 aliphatic heterocycles. The molecule has 0 bridgehead atoms. The Labute approximate surface area is 131 Å². The first kappa shape index (κ1) is 14.2. The first-order valence-electron chi connectivity index (χ1n) is 6.64. The minimum absolute atomic E-state index is 0.229. The molecule has 6 nitrogen and oxygen atoms in total. The Kier molecular flexibility index (Phi) is 3.52. The van der Waals surface area contributed by atoms with Crippen LogP contribution in [0, 0.1) is 0 Å². The quantitative estimate of drug-likeness (QED) is 0.901. The Morgan fingerprint density at radius 2 is 1.90 bits per heavy atom. The second-order valence-corrected chi connectivity index (χ2v) is 5.94. The van der Waals surface area contributed by atoms with Crippen LogP contribution in [0.15, 0.2) is 21.6 Å². The molecule has 0 radical (unpaired) electrons. The summed E-state index contributed by atoms with van der Waals surface area (Å²) in [6, 6.07) is 3.27. The van der Waals surface area contributed by atoms with E-state index in [9.17, 15) is 4.79 Å². The second-order valence-electron chi connectivity index (χ2n) is 5.09. The molecule has 2 aliphatic rings. The Morgan fingerprint density at radius 3 is 2.48 bits per heavy atom. The molecule has 1 saturated carbocycles. The van der Waals surface area contributed by atoms with Crippen molar-refractivity contribution in [1.29, 1.82) is 0 Å². The molecule has 1 atom stereocenters. The van der Waals surface area contributed by atoms with Crippen molar-refractivity contribution in [3.8, 4) is 11.5 Å². The Balaban J connectivity index is 2.06. The molecule has 1 unspecified atom stereocenters. The van der Waals surface area contributed by atoms with E-state index in [0.29, 0.717) is 17.3 Å². The van der Waals surface area contributed by atoms with Gasteiger partial charge in [-0.3, -0.25) is 0 Å². The van der Waals surface area contributed by atoms with E-state index in [1.807, 2.05) is 12.1 Å². The summed E-state index contributed by atoms with van der Waals surface area (Å²) in [6.07, 6.45) is 1.99. The van der Waals surface area contributed by atoms with E-state index >= 15 is 0 Å². The number of ether oxygens (including phenoxy) is 2. The number of nitrogens with two attached hydrogens (primary N) is 1. The van der Waals surface area contributed by atoms with Gasteiger partial charge in [0.05, 0.1) is 14.2 Å². The molecule has 1 aromatic carbocycles. The standard InChI is InChI=1S/C14H16BrN3O3/c1-20-10-5-8(9(15)6-11(10)21-2)12-13(16)17-14(19)18(12)7-3-4-7/h5-7,12H,3-4H2,1-2H3,(H2,16,17,19). The molecular weight excluding hydrogens is 338 g/mol. The van der Waals surface area contributed by atoms with Crippen LogP contribution < -0.4 is 15.2 Å². The predicted molar refractivity (Wildman–Crippen MR) is 81.9 cm³/mol. The number of carbonyl (C=O) groups excluding carboxylic acids is 1. The molecule has 0 spiro atoms. The predicted octanol–water partition coefficient (Wildman–Crippen LogP) is 2.46. The minimum atomic E-state index is -0.348. The minimum Gasteiger partial charge on any atom is -0.493 e. The van der Waals surface area contributed by atoms with E-state index in [1.165, 1.54) is 0 Å². The summed E-state index contributed by atoms with van der Waals surface area (Å²) in [6.45, 7) is 0. The van der Waals surface area contributed by atoms with Crippen molar-refractivity contribution in [2.75, 3.05) is 14.2 Å². The fraction of sp³-hybridized carbons (Fsp3) is 0.429. The number of hydrogen-bond acceptors (Lipinski definition) is 4. The highest BCUT2D eigenvalue weighted by atomic mass is 79.9. The van der Waals surface area contributed by atoms with Crippen LogP contribution >= 0.6 is 15.9 Å². The van der Waals surface area contributed by atoms with Gasteiger partial charge in [0.1, 0.15) is 11.9 Å². The van der Waals surface area contributed by atoms with Crippen molar-refractivity contribution in [3.63, 3.8) is 0 Å². The molecule has 1 aromatic rings. The first-order chi connectivity index (χ1) is 10.1. The van der Waals surface area contributed by atoms with E-state index in [0.717, 1.165) is 22.9 Å². The highest BCUT2D eigenvalue weighted by molar-refractivity contribution is 9.10. The van der Waals surface area contributed by atoms with Crippen molar-refractivity contribution in [3.05, 3.63) is 22.2 Å². The highest BCUT2D eigenvalue weighted by Crippen LogP contribution is 2.43. The van der Waals surface area contributed by atoms with E-state index in [2.05, 4.69) is 20.9 Å². The van der Waals surface area contributed by atoms with Crippen LogP contribution in [0.3, 0.4) is 0 Å². The van der Waals surface area contributed by atoms with Gasteiger partial charge in [0.25, 0.3) is 0 Å². The zero-order valence-corrected chi connectivity index (χ0v) is 13.4. The third-order valence-corrected chi connectivity index (χ3v) is 4.43. The number of methoxy groups -OCH3 is 2. The monoisotopic (exact) mass is 353 g/mol. The maximum atomic E-state index is 12.0. The summed E-state index contributed by atoms with van der Waals surface area (Å²) in [5.74, 6) is 1.53. The molecule has 2 amide bonds. The van der Waals surface area contributed by atoms with Crippen LogP contribution in [-0.4, -0.2) is 37.0 Å². The Morgan fingerprint density at radius 1 is 1.29 bits per heavy atom. The van der Waals surface area contributed by atoms with Gasteiger partial charge in [0.2, 0.25) is 0 Å². The number of amides is 2. The smallest absolute Gasteiger partial charge is 0.346 e. The van der Waals surface area contributed by atoms with Gasteiger partial charge in [0.15, 0.2) is 11.5 Å². The number of halogens is 1. The normalized spacial score (nSPS) is 21.5. The van der Waals surface area contributed by atoms with Gasteiger partial charge in [-0.05, 0) is 25.0 Å². The van der Waals surface area contributed by atoms with E-state index in [1.54, 1.807) is 19.1 Å². The molecule has 2 N–H and O–H groups in total. The number of amidine groups is 1. The summed E-state index contributed by atoms with van der Waals surface area (Å²) in [5.41, 5.74) is 6.84. The molecule has 1 fully saturated rings. The molecule has 1 aliphatic carbocycles. The second kappa shape index (κ2) is 5.22. The van der Waals surface area contributed by atoms with Crippen LogP contribution in [0.2, 0.25) is 0 Å². The van der Waals surface area contributed by atoms with Crippen LogP contribution in [0.25, 0.3) is 0 Å². The molecule has 0 aromatic heterocycles. The van der Waals surface area contributed by atoms with Gasteiger partial charge < -0.3 is 20.1 Å². The maximum Gasteiger partial charge on any atom is 0.346 e. The van der Waals surface area contributed by atoms with E-state index < -0.39 is 0 Å². The van der Waals surface area contributed by atoms with E-state index in [-0.39, 0.29) is 18.1 Å². The Hall–Kier alpha value is -1.76. The number of urea groups is 1. The number of benzene rings is 1. The number of hydrogen-bond donors (Lipinski definition) is 1. The van der Waals surface area contributed by atoms with Crippen molar-refractivity contribution in [2.24, 2.45) is 10.7 Å². The molecule has 3 rings (SSSR count). The third kappa shape index (κ3) is 2.35. The van der Waals surface area contributed by atoms with Gasteiger partial charge in [-0.2, -0.15) is 4.99 Å². The fourth-order valence-electron chi connectivity index (χ4n) is 2.59. The van der Waals surface area contributed by atoms with Gasteiger partial charge in [0, 0.05) is 16.1 Å². The third-order valence-electron chi connectivity index (χ3n) is 3.74. The average Bonchev–Trinajstić information content (AvgIpc) is 3.24. The van der Waals surface area contributed by atoms with Crippen molar-refractivity contribution >= 4 is 27.8 Å². The lowest BCUT2D eigenvalue weighted by molar-refractivity contribution is 0.203. The van der Waals surface area contributed by atoms with Crippen LogP contribution in [0.5, 0.6) is 11.5 Å². The molecule has 0 saturated heterocycles. The first-order valence-corrected chi connectivity index (χ1v) is 7.44. The largest absolute Gasteiger partial charge is 0.493 e. The SMILES string of the molecule is COc1cc(Br)c(C2C(N)=NC(=O)N2C2CC2)cc1OC. The van der Waals surface area contributed by atoms with Crippen molar-refractivity contribution in [2.45, 2.75) is 24.9 Å². The maximum absolute atomic E-state index is 12.0. The zero-order chi connectivity index (χ0) is 15.1. The molecule has 112 valence electrons. The highest BCUT2D eigenvalue weighted by Gasteiger charge is 2.44. The van der Waals surface area contributed by atoms with Gasteiger partial charge in [-0.25, -0.2) is 4.79 Å². The van der Waals surface area contributed by atoms with Gasteiger partial charge in [-0.15, -0.1) is 0 Å². The van der Waals surface area contributed by atoms with Crippen LogP contribution in [0.1, 0.15) is 24.4 Å². The summed E-state index contributed by atoms with van der Waals surface area (Å²) in [7, 11) is 3.15. The number of aliphatic imine (C=N–C) groups is 1. The lowest BCUT2D eigenvalue weighted by atomic mass is 10.0. The van der Waals surface area contributed by atoms with Crippen LogP contribution in [-0.2, 0) is 0 Å². The summed E-state index contributed by atoms with van der Waals surface area (Å²) < 4.78 is 11.4. The topological polar surface area (TPSA) is 77.2 Å². The lowest BCUT2D eigenvalue weighted by Crippen LogP contribution is -2.35. The van der Waals surface area contributed by atoms with Crippen molar-refractivity contribution < 1.29 is 14.3 Å². The van der Waals surface area contributed by atoms with E-state index in [4.69, 9.17) is 15.2 Å². The summed E-state index contributed by atoms with van der Waals surface area (Å²) in [4.78, 5) is 17.7.